The summed E-state index contributed by atoms with van der Waals surface area (Å²) >= 11 is 0. The lowest BCUT2D eigenvalue weighted by Crippen LogP contribution is -2.28. The maximum Gasteiger partial charge on any atom is 0.335 e. The number of anilines is 4. The average Bonchev–Trinajstić information content (AvgIpc) is 2.79. The molecule has 0 radical (unpaired) electrons. The van der Waals surface area contributed by atoms with Gasteiger partial charge in [-0.15, -0.1) is 0 Å². The van der Waals surface area contributed by atoms with Crippen molar-refractivity contribution in [2.45, 2.75) is 20.3 Å². The minimum Gasteiger partial charge on any atom is -0.478 e. The molecule has 10 nitrogen and oxygen atoms in total. The van der Waals surface area contributed by atoms with Gasteiger partial charge in [-0.1, -0.05) is 6.92 Å². The van der Waals surface area contributed by atoms with Gasteiger partial charge in [0.15, 0.2) is 0 Å². The second-order valence-electron chi connectivity index (χ2n) is 6.95. The van der Waals surface area contributed by atoms with Crippen molar-refractivity contribution in [2.75, 3.05) is 22.5 Å². The lowest BCUT2D eigenvalue weighted by molar-refractivity contribution is 0.0695. The van der Waals surface area contributed by atoms with Gasteiger partial charge in [-0.05, 0) is 49.2 Å². The van der Waals surface area contributed by atoms with Crippen LogP contribution in [-0.2, 0) is 6.42 Å². The van der Waals surface area contributed by atoms with Gasteiger partial charge in [-0.3, -0.25) is 15.1 Å². The van der Waals surface area contributed by atoms with E-state index >= 15 is 0 Å². The van der Waals surface area contributed by atoms with Crippen LogP contribution in [-0.4, -0.2) is 39.5 Å². The fourth-order valence-electron chi connectivity index (χ4n) is 3.09. The van der Waals surface area contributed by atoms with Gasteiger partial charge in [0.25, 0.3) is 5.91 Å². The number of nitrogens with zero attached hydrogens (tertiary/aromatic N) is 2. The number of hydrogen-bond acceptors (Lipinski definition) is 6. The molecule has 3 rings (SSSR count). The van der Waals surface area contributed by atoms with Crippen molar-refractivity contribution in [1.29, 1.82) is 0 Å². The molecule has 0 aliphatic carbocycles. The van der Waals surface area contributed by atoms with Crippen molar-refractivity contribution in [3.05, 3.63) is 71.7 Å². The van der Waals surface area contributed by atoms with Gasteiger partial charge in [0.05, 0.1) is 28.7 Å². The van der Waals surface area contributed by atoms with Crippen LogP contribution in [0.15, 0.2) is 55.0 Å². The maximum atomic E-state index is 12.9. The molecular formula is C23H24N6O4. The Kier molecular flexibility index (Phi) is 7.53. The predicted molar refractivity (Wildman–Crippen MR) is 125 cm³/mol. The van der Waals surface area contributed by atoms with Gasteiger partial charge in [0, 0.05) is 30.7 Å². The lowest BCUT2D eigenvalue weighted by atomic mass is 10.0. The highest BCUT2D eigenvalue weighted by Crippen LogP contribution is 2.26. The van der Waals surface area contributed by atoms with Gasteiger partial charge in [0.2, 0.25) is 0 Å². The second kappa shape index (κ2) is 10.7. The van der Waals surface area contributed by atoms with Gasteiger partial charge in [-0.2, -0.15) is 0 Å². The summed E-state index contributed by atoms with van der Waals surface area (Å²) in [7, 11) is 0. The monoisotopic (exact) mass is 448 g/mol. The molecule has 0 fully saturated rings. The molecule has 0 saturated carbocycles. The molecule has 2 heterocycles. The molecule has 3 amide bonds. The summed E-state index contributed by atoms with van der Waals surface area (Å²) in [5, 5.41) is 20.5. The molecule has 0 spiro atoms. The van der Waals surface area contributed by atoms with Crippen molar-refractivity contribution < 1.29 is 19.5 Å². The van der Waals surface area contributed by atoms with Crippen molar-refractivity contribution in [3.63, 3.8) is 0 Å². The summed E-state index contributed by atoms with van der Waals surface area (Å²) in [6, 6.07) is 9.34. The van der Waals surface area contributed by atoms with E-state index in [1.165, 1.54) is 24.5 Å². The lowest BCUT2D eigenvalue weighted by Gasteiger charge is -2.15. The number of urea groups is 1. The quantitative estimate of drug-likeness (QED) is 0.352. The van der Waals surface area contributed by atoms with Crippen LogP contribution in [0.25, 0.3) is 0 Å². The number of aromatic nitrogens is 2. The third-order valence-electron chi connectivity index (χ3n) is 4.64. The Morgan fingerprint density at radius 1 is 0.970 bits per heavy atom. The predicted octanol–water partition coefficient (Wildman–Crippen LogP) is 3.87. The number of hydrogen-bond donors (Lipinski definition) is 5. The van der Waals surface area contributed by atoms with E-state index in [1.54, 1.807) is 37.4 Å². The van der Waals surface area contributed by atoms with Gasteiger partial charge in [0.1, 0.15) is 5.82 Å². The number of pyridine rings is 2. The molecule has 3 aromatic rings. The van der Waals surface area contributed by atoms with E-state index in [4.69, 9.17) is 0 Å². The first kappa shape index (κ1) is 23.2. The third-order valence-corrected chi connectivity index (χ3v) is 4.64. The summed E-state index contributed by atoms with van der Waals surface area (Å²) < 4.78 is 0. The topological polar surface area (TPSA) is 145 Å². The molecule has 0 atom stereocenters. The van der Waals surface area contributed by atoms with Gasteiger partial charge < -0.3 is 21.1 Å². The first-order chi connectivity index (χ1) is 15.9. The van der Waals surface area contributed by atoms with Gasteiger partial charge in [-0.25, -0.2) is 14.6 Å². The molecule has 5 N–H and O–H groups in total. The van der Waals surface area contributed by atoms with E-state index in [0.29, 0.717) is 35.6 Å². The zero-order chi connectivity index (χ0) is 23.8. The normalized spacial score (nSPS) is 10.2. The van der Waals surface area contributed by atoms with Crippen LogP contribution in [0.2, 0.25) is 0 Å². The second-order valence-corrected chi connectivity index (χ2v) is 6.95. The number of carbonyl (C=O) groups is 3. The number of rotatable bonds is 8. The van der Waals surface area contributed by atoms with Crippen LogP contribution in [0.3, 0.4) is 0 Å². The molecule has 0 saturated heterocycles. The summed E-state index contributed by atoms with van der Waals surface area (Å²) in [4.78, 5) is 44.4. The molecule has 0 bridgehead atoms. The maximum absolute atomic E-state index is 12.9. The largest absolute Gasteiger partial charge is 0.478 e. The molecule has 0 aliphatic rings. The highest BCUT2D eigenvalue weighted by atomic mass is 16.4. The zero-order valence-corrected chi connectivity index (χ0v) is 18.2. The van der Waals surface area contributed by atoms with Crippen LogP contribution in [0.1, 0.15) is 40.1 Å². The van der Waals surface area contributed by atoms with Crippen LogP contribution in [0.5, 0.6) is 0 Å². The van der Waals surface area contributed by atoms with Crippen molar-refractivity contribution in [1.82, 2.24) is 15.3 Å². The van der Waals surface area contributed by atoms with E-state index in [9.17, 15) is 19.5 Å². The Balaban J connectivity index is 1.95. The number of carboxylic acid groups (broad SMARTS) is 1. The molecule has 0 unspecified atom stereocenters. The molecular weight excluding hydrogens is 424 g/mol. The zero-order valence-electron chi connectivity index (χ0n) is 18.2. The Bertz CT molecular complexity index is 1170. The molecule has 0 aliphatic heterocycles. The molecule has 170 valence electrons. The number of aryl methyl sites for hydroxylation is 1. The van der Waals surface area contributed by atoms with Crippen molar-refractivity contribution in [2.24, 2.45) is 0 Å². The third kappa shape index (κ3) is 6.03. The number of aromatic carboxylic acids is 1. The first-order valence-electron chi connectivity index (χ1n) is 10.3. The Labute approximate surface area is 190 Å². The first-order valence-corrected chi connectivity index (χ1v) is 10.3. The minimum atomic E-state index is -1.01. The van der Waals surface area contributed by atoms with E-state index in [2.05, 4.69) is 31.2 Å². The highest BCUT2D eigenvalue weighted by molar-refractivity contribution is 6.08. The number of carbonyl (C=O) groups excluding carboxylic acids is 2. The van der Waals surface area contributed by atoms with E-state index < -0.39 is 17.9 Å². The van der Waals surface area contributed by atoms with E-state index in [1.807, 2.05) is 6.92 Å². The highest BCUT2D eigenvalue weighted by Gasteiger charge is 2.16. The molecule has 2 aromatic heterocycles. The van der Waals surface area contributed by atoms with Crippen LogP contribution < -0.4 is 21.3 Å². The fourth-order valence-corrected chi connectivity index (χ4v) is 3.09. The van der Waals surface area contributed by atoms with Crippen molar-refractivity contribution >= 4 is 40.8 Å². The molecule has 33 heavy (non-hydrogen) atoms. The van der Waals surface area contributed by atoms with Crippen molar-refractivity contribution in [3.8, 4) is 0 Å². The molecule has 10 heteroatoms. The summed E-state index contributed by atoms with van der Waals surface area (Å²) in [6.07, 6.45) is 4.98. The summed E-state index contributed by atoms with van der Waals surface area (Å²) in [6.45, 7) is 4.09. The van der Waals surface area contributed by atoms with E-state index in [0.717, 1.165) is 0 Å². The minimum absolute atomic E-state index is 0.214. The van der Waals surface area contributed by atoms with Crippen LogP contribution in [0, 0.1) is 0 Å². The Morgan fingerprint density at radius 3 is 2.45 bits per heavy atom. The standard InChI is InChI=1S/C23H24N6O4/c1-3-14-10-15(7-8-17(14)22(31)32)27-19-11-20(29-23(33)25-4-2)26-13-18(19)21(30)28-16-6-5-9-24-12-16/h5-13H,3-4H2,1-2H3,(H,28,30)(H,31,32)(H3,25,26,27,29,33). The fraction of sp³-hybridized carbons (Fsp3) is 0.174. The Morgan fingerprint density at radius 2 is 1.79 bits per heavy atom. The van der Waals surface area contributed by atoms with Gasteiger partial charge >= 0.3 is 12.0 Å². The smallest absolute Gasteiger partial charge is 0.335 e. The van der Waals surface area contributed by atoms with Crippen LogP contribution in [0.4, 0.5) is 27.7 Å². The summed E-state index contributed by atoms with van der Waals surface area (Å²) in [5.41, 5.74) is 2.55. The Hall–Kier alpha value is -4.47. The average molecular weight is 448 g/mol. The number of benzene rings is 1. The number of carboxylic acids is 1. The summed E-state index contributed by atoms with van der Waals surface area (Å²) in [5.74, 6) is -1.20. The van der Waals surface area contributed by atoms with E-state index in [-0.39, 0.29) is 16.9 Å². The number of nitrogens with one attached hydrogen (secondary N) is 4. The SMILES string of the molecule is CCNC(=O)Nc1cc(Nc2ccc(C(=O)O)c(CC)c2)c(C(=O)Nc2cccnc2)cn1. The number of amides is 3. The van der Waals surface area contributed by atoms with Crippen LogP contribution >= 0.6 is 0 Å². The molecule has 1 aromatic carbocycles.